The molecule has 12 heavy (non-hydrogen) atoms. The molecule has 66 valence electrons. The second-order valence-corrected chi connectivity index (χ2v) is 2.45. The molecule has 0 aromatic heterocycles. The first kappa shape index (κ1) is 8.83. The monoisotopic (exact) mass is 177 g/mol. The lowest BCUT2D eigenvalue weighted by molar-refractivity contribution is -0.114. The number of primary amides is 1. The third kappa shape index (κ3) is 1.66. The van der Waals surface area contributed by atoms with E-state index in [-0.39, 0.29) is 0 Å². The van der Waals surface area contributed by atoms with Crippen molar-refractivity contribution in [1.82, 2.24) is 0 Å². The quantitative estimate of drug-likeness (QED) is 0.644. The minimum absolute atomic E-state index is 0.468. The number of allylic oxidation sites excluding steroid dienone is 2. The van der Waals surface area contributed by atoms with Crippen LogP contribution in [0.5, 0.6) is 0 Å². The molecule has 2 N–H and O–H groups in total. The summed E-state index contributed by atoms with van der Waals surface area (Å²) in [6, 6.07) is 0. The van der Waals surface area contributed by atoms with Crippen molar-refractivity contribution in [1.29, 1.82) is 0 Å². The average Bonchev–Trinajstić information content (AvgIpc) is 1.83. The molecule has 0 bridgehead atoms. The molecule has 0 aliphatic heterocycles. The Bertz CT molecular complexity index is 280. The standard InChI is InChI=1S/C7H6F3NO/c8-5-3-7(9,10)2-1-4(5)6(11)12/h1-2H,3H2,(H2,11,12). The Morgan fingerprint density at radius 3 is 2.58 bits per heavy atom. The van der Waals surface area contributed by atoms with Crippen LogP contribution in [0.4, 0.5) is 13.2 Å². The van der Waals surface area contributed by atoms with E-state index in [0.29, 0.717) is 12.2 Å². The lowest BCUT2D eigenvalue weighted by Crippen LogP contribution is -2.22. The molecule has 1 amide bonds. The Labute approximate surface area is 66.5 Å². The van der Waals surface area contributed by atoms with Gasteiger partial charge in [-0.3, -0.25) is 4.79 Å². The zero-order valence-corrected chi connectivity index (χ0v) is 5.98. The summed E-state index contributed by atoms with van der Waals surface area (Å²) in [5, 5.41) is 0. The second-order valence-electron chi connectivity index (χ2n) is 2.45. The fourth-order valence-corrected chi connectivity index (χ4v) is 0.873. The van der Waals surface area contributed by atoms with E-state index in [1.165, 1.54) is 0 Å². The molecule has 0 heterocycles. The number of halogens is 3. The molecular formula is C7H6F3NO. The highest BCUT2D eigenvalue weighted by atomic mass is 19.3. The molecule has 0 radical (unpaired) electrons. The first-order valence-corrected chi connectivity index (χ1v) is 3.18. The van der Waals surface area contributed by atoms with Gasteiger partial charge in [0.15, 0.2) is 0 Å². The van der Waals surface area contributed by atoms with Crippen molar-refractivity contribution < 1.29 is 18.0 Å². The number of rotatable bonds is 1. The zero-order chi connectivity index (χ0) is 9.35. The highest BCUT2D eigenvalue weighted by Crippen LogP contribution is 2.31. The molecule has 0 aromatic carbocycles. The van der Waals surface area contributed by atoms with Gasteiger partial charge < -0.3 is 5.73 Å². The fraction of sp³-hybridized carbons (Fsp3) is 0.286. The Morgan fingerprint density at radius 1 is 1.58 bits per heavy atom. The molecule has 1 aliphatic carbocycles. The van der Waals surface area contributed by atoms with E-state index in [0.717, 1.165) is 0 Å². The lowest BCUT2D eigenvalue weighted by Gasteiger charge is -2.15. The molecule has 0 spiro atoms. The number of carbonyl (C=O) groups excluding carboxylic acids is 1. The van der Waals surface area contributed by atoms with E-state index < -0.39 is 29.7 Å². The topological polar surface area (TPSA) is 43.1 Å². The van der Waals surface area contributed by atoms with E-state index >= 15 is 0 Å². The van der Waals surface area contributed by atoms with Gasteiger partial charge in [-0.15, -0.1) is 0 Å². The molecule has 0 fully saturated rings. The van der Waals surface area contributed by atoms with Crippen LogP contribution in [0.2, 0.25) is 0 Å². The third-order valence-corrected chi connectivity index (χ3v) is 1.44. The van der Waals surface area contributed by atoms with E-state index in [9.17, 15) is 18.0 Å². The van der Waals surface area contributed by atoms with E-state index in [1.807, 2.05) is 0 Å². The van der Waals surface area contributed by atoms with Gasteiger partial charge in [0.1, 0.15) is 5.83 Å². The van der Waals surface area contributed by atoms with Gasteiger partial charge in [-0.25, -0.2) is 13.2 Å². The summed E-state index contributed by atoms with van der Waals surface area (Å²) in [6.07, 6.45) is 0.0963. The van der Waals surface area contributed by atoms with Crippen molar-refractivity contribution in [3.05, 3.63) is 23.6 Å². The summed E-state index contributed by atoms with van der Waals surface area (Å²) in [6.45, 7) is 0. The summed E-state index contributed by atoms with van der Waals surface area (Å²) >= 11 is 0. The first-order valence-electron chi connectivity index (χ1n) is 3.18. The molecule has 0 saturated heterocycles. The van der Waals surface area contributed by atoms with Crippen molar-refractivity contribution in [3.8, 4) is 0 Å². The molecule has 1 aliphatic rings. The summed E-state index contributed by atoms with van der Waals surface area (Å²) in [4.78, 5) is 10.4. The van der Waals surface area contributed by atoms with E-state index in [1.54, 1.807) is 0 Å². The van der Waals surface area contributed by atoms with E-state index in [4.69, 9.17) is 5.73 Å². The smallest absolute Gasteiger partial charge is 0.273 e. The van der Waals surface area contributed by atoms with Gasteiger partial charge in [0.2, 0.25) is 0 Å². The molecule has 1 rings (SSSR count). The van der Waals surface area contributed by atoms with Gasteiger partial charge in [0, 0.05) is 0 Å². The SMILES string of the molecule is NC(=O)C1=C(F)CC(F)(F)C=C1. The molecule has 5 heteroatoms. The van der Waals surface area contributed by atoms with Crippen LogP contribution in [0.25, 0.3) is 0 Å². The maximum absolute atomic E-state index is 12.6. The Kier molecular flexibility index (Phi) is 1.95. The van der Waals surface area contributed by atoms with Crippen molar-refractivity contribution >= 4 is 5.91 Å². The normalized spacial score (nSPS) is 21.2. The number of hydrogen-bond acceptors (Lipinski definition) is 1. The Morgan fingerprint density at radius 2 is 2.17 bits per heavy atom. The largest absolute Gasteiger partial charge is 0.366 e. The maximum atomic E-state index is 12.6. The molecule has 0 atom stereocenters. The zero-order valence-electron chi connectivity index (χ0n) is 5.98. The van der Waals surface area contributed by atoms with Crippen molar-refractivity contribution in [3.63, 3.8) is 0 Å². The van der Waals surface area contributed by atoms with Crippen LogP contribution in [-0.2, 0) is 4.79 Å². The van der Waals surface area contributed by atoms with Gasteiger partial charge in [-0.1, -0.05) is 0 Å². The lowest BCUT2D eigenvalue weighted by atomic mass is 10.0. The summed E-state index contributed by atoms with van der Waals surface area (Å²) in [5.41, 5.74) is 4.24. The van der Waals surface area contributed by atoms with Crippen LogP contribution < -0.4 is 5.73 Å². The van der Waals surface area contributed by atoms with Crippen LogP contribution in [0.15, 0.2) is 23.6 Å². The average molecular weight is 177 g/mol. The molecule has 0 unspecified atom stereocenters. The third-order valence-electron chi connectivity index (χ3n) is 1.44. The number of carbonyl (C=O) groups is 1. The predicted molar refractivity (Wildman–Crippen MR) is 36.0 cm³/mol. The number of nitrogens with two attached hydrogens (primary N) is 1. The minimum atomic E-state index is -3.21. The highest BCUT2D eigenvalue weighted by Gasteiger charge is 2.32. The second kappa shape index (κ2) is 2.66. The van der Waals surface area contributed by atoms with Crippen LogP contribution in [-0.4, -0.2) is 11.8 Å². The molecule has 2 nitrogen and oxygen atoms in total. The van der Waals surface area contributed by atoms with Crippen LogP contribution in [0.1, 0.15) is 6.42 Å². The van der Waals surface area contributed by atoms with Gasteiger partial charge in [-0.05, 0) is 12.2 Å². The summed E-state index contributed by atoms with van der Waals surface area (Å²) in [5.74, 6) is -5.39. The summed E-state index contributed by atoms with van der Waals surface area (Å²) in [7, 11) is 0. The predicted octanol–water partition coefficient (Wildman–Crippen LogP) is 1.29. The van der Waals surface area contributed by atoms with Crippen LogP contribution >= 0.6 is 0 Å². The van der Waals surface area contributed by atoms with Gasteiger partial charge >= 0.3 is 0 Å². The molecule has 0 saturated carbocycles. The Balaban J connectivity index is 2.95. The van der Waals surface area contributed by atoms with Gasteiger partial charge in [-0.2, -0.15) is 0 Å². The van der Waals surface area contributed by atoms with Crippen LogP contribution in [0.3, 0.4) is 0 Å². The first-order chi connectivity index (χ1) is 5.42. The number of amides is 1. The fourth-order valence-electron chi connectivity index (χ4n) is 0.873. The van der Waals surface area contributed by atoms with Gasteiger partial charge in [0.25, 0.3) is 11.8 Å². The maximum Gasteiger partial charge on any atom is 0.273 e. The molecular weight excluding hydrogens is 171 g/mol. The van der Waals surface area contributed by atoms with Crippen molar-refractivity contribution in [2.24, 2.45) is 5.73 Å². The highest BCUT2D eigenvalue weighted by molar-refractivity contribution is 5.95. The van der Waals surface area contributed by atoms with Crippen molar-refractivity contribution in [2.75, 3.05) is 0 Å². The summed E-state index contributed by atoms with van der Waals surface area (Å²) < 4.78 is 37.4. The van der Waals surface area contributed by atoms with E-state index in [2.05, 4.69) is 0 Å². The molecule has 0 aromatic rings. The Hall–Kier alpha value is -1.26. The van der Waals surface area contributed by atoms with Crippen molar-refractivity contribution in [2.45, 2.75) is 12.3 Å². The minimum Gasteiger partial charge on any atom is -0.366 e. The van der Waals surface area contributed by atoms with Crippen LogP contribution in [0, 0.1) is 0 Å². The van der Waals surface area contributed by atoms with Gasteiger partial charge in [0.05, 0.1) is 12.0 Å². The number of alkyl halides is 2. The number of hydrogen-bond donors (Lipinski definition) is 1.